The second-order valence-corrected chi connectivity index (χ2v) is 8.81. The number of esters is 4. The van der Waals surface area contributed by atoms with Crippen LogP contribution in [-0.2, 0) is 42.9 Å². The number of carbonyl (C=O) groups is 4. The second-order valence-electron chi connectivity index (χ2n) is 7.60. The Balaban J connectivity index is 2.20. The van der Waals surface area contributed by atoms with E-state index in [9.17, 15) is 19.2 Å². The van der Waals surface area contributed by atoms with Crippen molar-refractivity contribution in [3.05, 3.63) is 29.8 Å². The third-order valence-electron chi connectivity index (χ3n) is 4.60. The van der Waals surface area contributed by atoms with Crippen LogP contribution in [-0.4, -0.2) is 72.7 Å². The van der Waals surface area contributed by atoms with Crippen LogP contribution in [0.25, 0.3) is 0 Å². The summed E-state index contributed by atoms with van der Waals surface area (Å²) in [6, 6.07) is 7.58. The molecule has 0 aromatic heterocycles. The van der Waals surface area contributed by atoms with Gasteiger partial charge in [0.05, 0.1) is 6.61 Å². The van der Waals surface area contributed by atoms with Gasteiger partial charge in [-0.2, -0.15) is 0 Å². The van der Waals surface area contributed by atoms with Crippen molar-refractivity contribution < 1.29 is 47.6 Å². The summed E-state index contributed by atoms with van der Waals surface area (Å²) in [6.45, 7) is 6.84. The molecule has 1 aromatic carbocycles. The Kier molecular flexibility index (Phi) is 10.6. The van der Waals surface area contributed by atoms with Crippen LogP contribution in [0.15, 0.2) is 24.3 Å². The number of aryl methyl sites for hydroxylation is 1. The maximum absolute atomic E-state index is 11.8. The quantitative estimate of drug-likeness (QED) is 0.268. The van der Waals surface area contributed by atoms with Crippen LogP contribution in [0.4, 0.5) is 0 Å². The van der Waals surface area contributed by atoms with Gasteiger partial charge in [0.25, 0.3) is 0 Å². The fraction of sp³-hybridized carbons (Fsp3) is 0.565. The van der Waals surface area contributed by atoms with Crippen molar-refractivity contribution in [3.8, 4) is 5.75 Å². The molecule has 0 aliphatic carbocycles. The summed E-state index contributed by atoms with van der Waals surface area (Å²) in [5.74, 6) is -1.40. The molecule has 11 heteroatoms. The van der Waals surface area contributed by atoms with E-state index in [1.54, 1.807) is 0 Å². The van der Waals surface area contributed by atoms with Crippen molar-refractivity contribution in [2.75, 3.05) is 19.0 Å². The Morgan fingerprint density at radius 3 is 1.94 bits per heavy atom. The summed E-state index contributed by atoms with van der Waals surface area (Å²) in [6.07, 6.45) is -4.37. The molecule has 0 N–H and O–H groups in total. The van der Waals surface area contributed by atoms with Gasteiger partial charge in [-0.25, -0.2) is 0 Å². The summed E-state index contributed by atoms with van der Waals surface area (Å²) in [7, 11) is 0. The monoisotopic (exact) mass is 498 g/mol. The van der Waals surface area contributed by atoms with Crippen molar-refractivity contribution in [1.29, 1.82) is 0 Å². The highest BCUT2D eigenvalue weighted by molar-refractivity contribution is 7.99. The molecule has 1 heterocycles. The van der Waals surface area contributed by atoms with Crippen LogP contribution in [0.2, 0.25) is 0 Å². The number of ether oxygens (including phenoxy) is 6. The Labute approximate surface area is 202 Å². The summed E-state index contributed by atoms with van der Waals surface area (Å²) in [5.41, 5.74) is 0.293. The first-order valence-electron chi connectivity index (χ1n) is 10.7. The average Bonchev–Trinajstić information content (AvgIpc) is 2.74. The van der Waals surface area contributed by atoms with Crippen LogP contribution in [0, 0.1) is 6.92 Å². The fourth-order valence-electron chi connectivity index (χ4n) is 3.28. The molecule has 1 aliphatic heterocycles. The number of hydrogen-bond donors (Lipinski definition) is 0. The summed E-state index contributed by atoms with van der Waals surface area (Å²) >= 11 is 1.26. The van der Waals surface area contributed by atoms with Gasteiger partial charge in [-0.05, 0) is 19.1 Å². The Bertz CT molecular complexity index is 856. The largest absolute Gasteiger partial charge is 0.493 e. The number of carbonyl (C=O) groups excluding carboxylic acids is 4. The molecule has 34 heavy (non-hydrogen) atoms. The van der Waals surface area contributed by atoms with Crippen LogP contribution in [0.5, 0.6) is 5.75 Å². The number of thioether (sulfide) groups is 1. The molecule has 5 atom stereocenters. The lowest BCUT2D eigenvalue weighted by atomic mass is 9.99. The van der Waals surface area contributed by atoms with Gasteiger partial charge in [-0.1, -0.05) is 17.7 Å². The zero-order valence-corrected chi connectivity index (χ0v) is 20.6. The summed E-state index contributed by atoms with van der Waals surface area (Å²) in [4.78, 5) is 46.8. The molecule has 1 fully saturated rings. The predicted octanol–water partition coefficient (Wildman–Crippen LogP) is 2.19. The number of rotatable bonds is 10. The predicted molar refractivity (Wildman–Crippen MR) is 121 cm³/mol. The molecule has 0 radical (unpaired) electrons. The van der Waals surface area contributed by atoms with Gasteiger partial charge in [0.15, 0.2) is 18.3 Å². The van der Waals surface area contributed by atoms with Gasteiger partial charge < -0.3 is 28.4 Å². The van der Waals surface area contributed by atoms with Gasteiger partial charge >= 0.3 is 23.9 Å². The standard InChI is InChI=1S/C23H30O10S/c1-13-6-8-18(9-7-13)28-10-11-34-23-22(32-17(5)27)21(31-16(4)26)20(30-15(3)25)19(33-23)12-29-14(2)24/h6-9,19-23H,10-12H2,1-5H3/t19-,20-,21-,22+,23+/m0/s1. The van der Waals surface area contributed by atoms with Crippen molar-refractivity contribution in [2.45, 2.75) is 64.5 Å². The van der Waals surface area contributed by atoms with E-state index in [1.807, 2.05) is 31.2 Å². The van der Waals surface area contributed by atoms with E-state index in [4.69, 9.17) is 28.4 Å². The summed E-state index contributed by atoms with van der Waals surface area (Å²) in [5, 5.41) is 0. The molecule has 0 unspecified atom stereocenters. The third-order valence-corrected chi connectivity index (χ3v) is 5.71. The Hall–Kier alpha value is -2.79. The van der Waals surface area contributed by atoms with E-state index in [0.717, 1.165) is 5.56 Å². The average molecular weight is 499 g/mol. The van der Waals surface area contributed by atoms with Crippen LogP contribution < -0.4 is 4.74 Å². The van der Waals surface area contributed by atoms with Crippen molar-refractivity contribution >= 4 is 35.6 Å². The Morgan fingerprint density at radius 1 is 0.824 bits per heavy atom. The smallest absolute Gasteiger partial charge is 0.303 e. The highest BCUT2D eigenvalue weighted by atomic mass is 32.2. The number of benzene rings is 1. The summed E-state index contributed by atoms with van der Waals surface area (Å²) < 4.78 is 33.0. The van der Waals surface area contributed by atoms with Crippen LogP contribution in [0.3, 0.4) is 0 Å². The topological polar surface area (TPSA) is 124 Å². The highest BCUT2D eigenvalue weighted by Crippen LogP contribution is 2.34. The van der Waals surface area contributed by atoms with E-state index >= 15 is 0 Å². The van der Waals surface area contributed by atoms with Gasteiger partial charge in [0, 0.05) is 33.4 Å². The van der Waals surface area contributed by atoms with Gasteiger partial charge in [0.1, 0.15) is 23.9 Å². The maximum Gasteiger partial charge on any atom is 0.303 e. The van der Waals surface area contributed by atoms with Crippen molar-refractivity contribution in [3.63, 3.8) is 0 Å². The molecule has 0 amide bonds. The van der Waals surface area contributed by atoms with Crippen molar-refractivity contribution in [2.24, 2.45) is 0 Å². The highest BCUT2D eigenvalue weighted by Gasteiger charge is 2.52. The van der Waals surface area contributed by atoms with E-state index in [1.165, 1.54) is 39.5 Å². The van der Waals surface area contributed by atoms with Gasteiger partial charge in [-0.15, -0.1) is 11.8 Å². The molecule has 1 aromatic rings. The zero-order valence-electron chi connectivity index (χ0n) is 19.8. The lowest BCUT2D eigenvalue weighted by Gasteiger charge is -2.44. The lowest BCUT2D eigenvalue weighted by molar-refractivity contribution is -0.237. The molecular weight excluding hydrogens is 468 g/mol. The van der Waals surface area contributed by atoms with E-state index in [0.29, 0.717) is 18.1 Å². The molecule has 0 spiro atoms. The van der Waals surface area contributed by atoms with Crippen LogP contribution >= 0.6 is 11.8 Å². The zero-order chi connectivity index (χ0) is 25.3. The molecule has 1 saturated heterocycles. The van der Waals surface area contributed by atoms with Crippen LogP contribution in [0.1, 0.15) is 33.3 Å². The molecule has 1 aliphatic rings. The first kappa shape index (κ1) is 27.5. The minimum atomic E-state index is -1.17. The number of hydrogen-bond acceptors (Lipinski definition) is 11. The van der Waals surface area contributed by atoms with Crippen molar-refractivity contribution in [1.82, 2.24) is 0 Å². The van der Waals surface area contributed by atoms with Gasteiger partial charge in [0.2, 0.25) is 0 Å². The fourth-order valence-corrected chi connectivity index (χ4v) is 4.31. The SMILES string of the molecule is CC(=O)OC[C@@H]1O[C@H](SCCOc2ccc(C)cc2)[C@H](OC(C)=O)[C@@H](OC(C)=O)[C@H]1OC(C)=O. The first-order chi connectivity index (χ1) is 16.1. The first-order valence-corrected chi connectivity index (χ1v) is 11.7. The Morgan fingerprint density at radius 2 is 1.38 bits per heavy atom. The maximum atomic E-state index is 11.8. The minimum Gasteiger partial charge on any atom is -0.493 e. The van der Waals surface area contributed by atoms with E-state index < -0.39 is 53.7 Å². The molecule has 10 nitrogen and oxygen atoms in total. The normalized spacial score (nSPS) is 24.0. The van der Waals surface area contributed by atoms with Gasteiger partial charge in [-0.3, -0.25) is 19.2 Å². The molecule has 2 rings (SSSR count). The van der Waals surface area contributed by atoms with E-state index in [-0.39, 0.29) is 6.61 Å². The molecule has 188 valence electrons. The lowest BCUT2D eigenvalue weighted by Crippen LogP contribution is -2.61. The van der Waals surface area contributed by atoms with E-state index in [2.05, 4.69) is 0 Å². The molecular formula is C23H30O10S. The minimum absolute atomic E-state index is 0.255. The third kappa shape index (κ3) is 8.86. The second kappa shape index (κ2) is 13.2. The molecule has 0 bridgehead atoms. The molecule has 0 saturated carbocycles.